The van der Waals surface area contributed by atoms with Gasteiger partial charge in [-0.05, 0) is 6.92 Å². The molecule has 0 amide bonds. The van der Waals surface area contributed by atoms with Crippen LogP contribution in [0.1, 0.15) is 18.6 Å². The van der Waals surface area contributed by atoms with Gasteiger partial charge in [0.1, 0.15) is 0 Å². The van der Waals surface area contributed by atoms with Crippen molar-refractivity contribution in [2.45, 2.75) is 13.0 Å². The van der Waals surface area contributed by atoms with Crippen molar-refractivity contribution >= 4 is 5.69 Å². The summed E-state index contributed by atoms with van der Waals surface area (Å²) in [6.07, 6.45) is -0.502. The number of hydrogen-bond acceptors (Lipinski definition) is 2. The number of anilines is 1. The third-order valence-corrected chi connectivity index (χ3v) is 1.38. The number of benzene rings is 1. The monoisotopic (exact) mass is 225 g/mol. The van der Waals surface area contributed by atoms with Crippen LogP contribution in [0.5, 0.6) is 0 Å². The first-order valence-corrected chi connectivity index (χ1v) is 3.15. The first-order chi connectivity index (χ1) is 4.72. The molecule has 0 saturated carbocycles. The zero-order chi connectivity index (χ0) is 7.56. The molecule has 1 unspecified atom stereocenters. The molecule has 57 valence electrons. The van der Waals surface area contributed by atoms with Gasteiger partial charge in [-0.2, -0.15) is 18.2 Å². The van der Waals surface area contributed by atoms with Crippen LogP contribution in [0.2, 0.25) is 0 Å². The molecular weight excluding hydrogens is 215 g/mol. The average molecular weight is 225 g/mol. The van der Waals surface area contributed by atoms with Gasteiger partial charge in [0.15, 0.2) is 0 Å². The van der Waals surface area contributed by atoms with Gasteiger partial charge in [-0.1, -0.05) is 5.69 Å². The summed E-state index contributed by atoms with van der Waals surface area (Å²) in [6.45, 7) is 1.68. The summed E-state index contributed by atoms with van der Waals surface area (Å²) in [7, 11) is 0. The number of hydrogen-bond donors (Lipinski definition) is 2. The van der Waals surface area contributed by atoms with Gasteiger partial charge >= 0.3 is 0 Å². The molecular formula is C8H10NOY-. The smallest absolute Gasteiger partial charge is 0.0341 e. The Hall–Kier alpha value is 0.0839. The van der Waals surface area contributed by atoms with Crippen molar-refractivity contribution in [3.63, 3.8) is 0 Å². The van der Waals surface area contributed by atoms with Gasteiger partial charge in [-0.15, -0.1) is 11.6 Å². The van der Waals surface area contributed by atoms with E-state index in [1.165, 1.54) is 0 Å². The summed E-state index contributed by atoms with van der Waals surface area (Å²) in [5.74, 6) is 0. The van der Waals surface area contributed by atoms with Crippen molar-refractivity contribution in [1.29, 1.82) is 0 Å². The minimum atomic E-state index is -0.502. The van der Waals surface area contributed by atoms with Gasteiger partial charge in [-0.25, -0.2) is 0 Å². The molecule has 0 bridgehead atoms. The first kappa shape index (κ1) is 11.1. The Bertz CT molecular complexity index is 225. The first-order valence-electron chi connectivity index (χ1n) is 3.15. The fourth-order valence-corrected chi connectivity index (χ4v) is 0.817. The van der Waals surface area contributed by atoms with Gasteiger partial charge in [0, 0.05) is 38.8 Å². The van der Waals surface area contributed by atoms with Crippen LogP contribution in [0.15, 0.2) is 18.2 Å². The van der Waals surface area contributed by atoms with Crippen molar-refractivity contribution in [2.24, 2.45) is 0 Å². The van der Waals surface area contributed by atoms with Crippen LogP contribution in [-0.4, -0.2) is 5.11 Å². The summed E-state index contributed by atoms with van der Waals surface area (Å²) in [4.78, 5) is 0. The average Bonchev–Trinajstić information content (AvgIpc) is 1.88. The minimum absolute atomic E-state index is 0. The Labute approximate surface area is 91.7 Å². The molecule has 2 nitrogen and oxygen atoms in total. The number of aliphatic hydroxyl groups is 1. The van der Waals surface area contributed by atoms with E-state index in [9.17, 15) is 0 Å². The number of nitrogen functional groups attached to an aromatic ring is 1. The molecule has 3 heteroatoms. The van der Waals surface area contributed by atoms with Gasteiger partial charge < -0.3 is 10.8 Å². The second kappa shape index (κ2) is 4.86. The summed E-state index contributed by atoms with van der Waals surface area (Å²) < 4.78 is 0. The SMILES string of the molecule is CC(O)c1c[c-]ccc1N.[Y]. The van der Waals surface area contributed by atoms with E-state index in [4.69, 9.17) is 10.8 Å². The van der Waals surface area contributed by atoms with Crippen molar-refractivity contribution in [2.75, 3.05) is 5.73 Å². The molecule has 0 aliphatic rings. The Balaban J connectivity index is 0.000001000. The van der Waals surface area contributed by atoms with Crippen molar-refractivity contribution in [3.8, 4) is 0 Å². The quantitative estimate of drug-likeness (QED) is 0.555. The molecule has 1 rings (SSSR count). The van der Waals surface area contributed by atoms with Crippen molar-refractivity contribution in [3.05, 3.63) is 29.8 Å². The van der Waals surface area contributed by atoms with E-state index in [0.717, 1.165) is 5.56 Å². The van der Waals surface area contributed by atoms with Crippen molar-refractivity contribution in [1.82, 2.24) is 0 Å². The Morgan fingerprint density at radius 1 is 1.64 bits per heavy atom. The third kappa shape index (κ3) is 2.90. The van der Waals surface area contributed by atoms with Crippen LogP contribution < -0.4 is 5.73 Å². The van der Waals surface area contributed by atoms with Crippen molar-refractivity contribution < 1.29 is 37.8 Å². The number of rotatable bonds is 1. The van der Waals surface area contributed by atoms with Gasteiger partial charge in [0.2, 0.25) is 0 Å². The fourth-order valence-electron chi connectivity index (χ4n) is 0.817. The second-order valence-electron chi connectivity index (χ2n) is 2.23. The molecule has 1 radical (unpaired) electrons. The summed E-state index contributed by atoms with van der Waals surface area (Å²) in [5, 5.41) is 9.10. The maximum Gasteiger partial charge on any atom is 0.0341 e. The van der Waals surface area contributed by atoms with Crippen LogP contribution in [0, 0.1) is 6.07 Å². The van der Waals surface area contributed by atoms with Crippen LogP contribution in [0.25, 0.3) is 0 Å². The number of aliphatic hydroxyl groups excluding tert-OH is 1. The normalized spacial score (nSPS) is 11.8. The zero-order valence-electron chi connectivity index (χ0n) is 6.41. The fraction of sp³-hybridized carbons (Fsp3) is 0.250. The summed E-state index contributed by atoms with van der Waals surface area (Å²) >= 11 is 0. The molecule has 3 N–H and O–H groups in total. The van der Waals surface area contributed by atoms with E-state index in [-0.39, 0.29) is 32.7 Å². The summed E-state index contributed by atoms with van der Waals surface area (Å²) in [6, 6.07) is 7.99. The second-order valence-corrected chi connectivity index (χ2v) is 2.23. The third-order valence-electron chi connectivity index (χ3n) is 1.38. The van der Waals surface area contributed by atoms with Gasteiger partial charge in [0.05, 0.1) is 0 Å². The maximum absolute atomic E-state index is 9.10. The van der Waals surface area contributed by atoms with E-state index in [1.54, 1.807) is 25.1 Å². The standard InChI is InChI=1S/C8H10NO.Y/c1-6(10)7-4-2-3-5-8(7)9;/h3-6,10H,9H2,1H3;/q-1;. The Morgan fingerprint density at radius 3 is 2.64 bits per heavy atom. The summed E-state index contributed by atoms with van der Waals surface area (Å²) in [5.41, 5.74) is 6.90. The van der Waals surface area contributed by atoms with E-state index in [1.807, 2.05) is 0 Å². The maximum atomic E-state index is 9.10. The predicted molar refractivity (Wildman–Crippen MR) is 40.3 cm³/mol. The Kier molecular flexibility index (Phi) is 4.90. The Morgan fingerprint density at radius 2 is 2.27 bits per heavy atom. The molecule has 0 heterocycles. The van der Waals surface area contributed by atoms with Gasteiger partial charge in [-0.3, -0.25) is 0 Å². The van der Waals surface area contributed by atoms with Crippen LogP contribution in [-0.2, 0) is 32.7 Å². The molecule has 1 aromatic rings. The van der Waals surface area contributed by atoms with Gasteiger partial charge in [0.25, 0.3) is 0 Å². The molecule has 0 aliphatic carbocycles. The van der Waals surface area contributed by atoms with E-state index in [2.05, 4.69) is 6.07 Å². The molecule has 0 aromatic heterocycles. The molecule has 1 aromatic carbocycles. The van der Waals surface area contributed by atoms with Crippen LogP contribution in [0.3, 0.4) is 0 Å². The molecule has 0 spiro atoms. The van der Waals surface area contributed by atoms with E-state index in [0.29, 0.717) is 5.69 Å². The van der Waals surface area contributed by atoms with Crippen LogP contribution >= 0.6 is 0 Å². The molecule has 1 atom stereocenters. The molecule has 0 aliphatic heterocycles. The predicted octanol–water partition coefficient (Wildman–Crippen LogP) is 1.12. The van der Waals surface area contributed by atoms with Crippen LogP contribution in [0.4, 0.5) is 5.69 Å². The molecule has 11 heavy (non-hydrogen) atoms. The number of nitrogens with two attached hydrogens (primary N) is 1. The molecule has 0 saturated heterocycles. The minimum Gasteiger partial charge on any atom is -0.419 e. The van der Waals surface area contributed by atoms with E-state index >= 15 is 0 Å². The topological polar surface area (TPSA) is 46.2 Å². The largest absolute Gasteiger partial charge is 0.419 e. The molecule has 0 fully saturated rings. The zero-order valence-corrected chi connectivity index (χ0v) is 9.25. The van der Waals surface area contributed by atoms with E-state index < -0.39 is 6.10 Å².